The van der Waals surface area contributed by atoms with Gasteiger partial charge in [-0.2, -0.15) is 5.10 Å². The zero-order valence-corrected chi connectivity index (χ0v) is 11.6. The van der Waals surface area contributed by atoms with Gasteiger partial charge in [0, 0.05) is 18.8 Å². The molecule has 1 aliphatic carbocycles. The van der Waals surface area contributed by atoms with Gasteiger partial charge in [0.1, 0.15) is 5.82 Å². The molecule has 0 unspecified atom stereocenters. The molecule has 2 rings (SSSR count). The Kier molecular flexibility index (Phi) is 3.52. The molecule has 6 nitrogen and oxygen atoms in total. The third-order valence-corrected chi connectivity index (χ3v) is 4.34. The molecule has 7 heteroatoms. The SMILES string of the molecule is CCCn1nc(NC2CCC2)c(S(C)(=O)=O)c1N. The Balaban J connectivity index is 2.38. The molecule has 0 spiro atoms. The van der Waals surface area contributed by atoms with Crippen LogP contribution in [-0.2, 0) is 16.4 Å². The smallest absolute Gasteiger partial charge is 0.182 e. The van der Waals surface area contributed by atoms with Crippen molar-refractivity contribution in [1.82, 2.24) is 9.78 Å². The summed E-state index contributed by atoms with van der Waals surface area (Å²) in [6.07, 6.45) is 5.32. The van der Waals surface area contributed by atoms with Crippen LogP contribution in [0.15, 0.2) is 4.90 Å². The number of nitrogens with zero attached hydrogens (tertiary/aromatic N) is 2. The lowest BCUT2D eigenvalue weighted by Gasteiger charge is -2.26. The first-order chi connectivity index (χ1) is 8.43. The Morgan fingerprint density at radius 3 is 2.61 bits per heavy atom. The van der Waals surface area contributed by atoms with Gasteiger partial charge in [-0.1, -0.05) is 6.92 Å². The fourth-order valence-electron chi connectivity index (χ4n) is 2.05. The van der Waals surface area contributed by atoms with E-state index in [1.165, 1.54) is 12.7 Å². The molecule has 1 heterocycles. The molecule has 0 atom stereocenters. The average molecular weight is 272 g/mol. The fourth-order valence-corrected chi connectivity index (χ4v) is 2.98. The zero-order chi connectivity index (χ0) is 13.3. The Bertz CT molecular complexity index is 531. The van der Waals surface area contributed by atoms with E-state index in [1.807, 2.05) is 6.92 Å². The van der Waals surface area contributed by atoms with Crippen molar-refractivity contribution in [3.05, 3.63) is 0 Å². The number of nitrogen functional groups attached to an aromatic ring is 1. The predicted octanol–water partition coefficient (Wildman–Crippen LogP) is 1.24. The van der Waals surface area contributed by atoms with Crippen LogP contribution >= 0.6 is 0 Å². The van der Waals surface area contributed by atoms with E-state index in [-0.39, 0.29) is 10.7 Å². The first kappa shape index (κ1) is 13.2. The van der Waals surface area contributed by atoms with Crippen LogP contribution in [0.3, 0.4) is 0 Å². The molecule has 3 N–H and O–H groups in total. The zero-order valence-electron chi connectivity index (χ0n) is 10.8. The van der Waals surface area contributed by atoms with Crippen LogP contribution in [-0.4, -0.2) is 30.5 Å². The summed E-state index contributed by atoms with van der Waals surface area (Å²) in [6, 6.07) is 0.329. The second-order valence-corrected chi connectivity index (χ2v) is 6.78. The van der Waals surface area contributed by atoms with Crippen LogP contribution in [0, 0.1) is 0 Å². The summed E-state index contributed by atoms with van der Waals surface area (Å²) in [6.45, 7) is 2.63. The van der Waals surface area contributed by atoms with Gasteiger partial charge in [0.15, 0.2) is 20.6 Å². The molecule has 0 saturated heterocycles. The predicted molar refractivity (Wildman–Crippen MR) is 71.3 cm³/mol. The van der Waals surface area contributed by atoms with Crippen molar-refractivity contribution >= 4 is 21.5 Å². The van der Waals surface area contributed by atoms with Crippen LogP contribution in [0.2, 0.25) is 0 Å². The van der Waals surface area contributed by atoms with Crippen molar-refractivity contribution in [1.29, 1.82) is 0 Å². The molecule has 102 valence electrons. The highest BCUT2D eigenvalue weighted by Crippen LogP contribution is 2.31. The molecule has 18 heavy (non-hydrogen) atoms. The topological polar surface area (TPSA) is 90.0 Å². The normalized spacial score (nSPS) is 16.6. The van der Waals surface area contributed by atoms with Crippen molar-refractivity contribution in [2.45, 2.75) is 50.1 Å². The summed E-state index contributed by atoms with van der Waals surface area (Å²) in [5.74, 6) is 0.648. The number of sulfone groups is 1. The van der Waals surface area contributed by atoms with Crippen LogP contribution in [0.4, 0.5) is 11.6 Å². The van der Waals surface area contributed by atoms with Gasteiger partial charge in [0.25, 0.3) is 0 Å². The standard InChI is InChI=1S/C11H20N4O2S/c1-3-7-15-10(12)9(18(2,16)17)11(14-15)13-8-5-4-6-8/h8H,3-7,12H2,1-2H3,(H,13,14). The van der Waals surface area contributed by atoms with Crippen molar-refractivity contribution in [2.75, 3.05) is 17.3 Å². The number of nitrogens with two attached hydrogens (primary N) is 1. The highest BCUT2D eigenvalue weighted by molar-refractivity contribution is 7.91. The van der Waals surface area contributed by atoms with E-state index in [4.69, 9.17) is 5.73 Å². The molecule has 1 aromatic rings. The molecule has 1 fully saturated rings. The second-order valence-electron chi connectivity index (χ2n) is 4.83. The average Bonchev–Trinajstić information content (AvgIpc) is 2.49. The van der Waals surface area contributed by atoms with Crippen molar-refractivity contribution in [2.24, 2.45) is 0 Å². The minimum atomic E-state index is -3.36. The molecular formula is C11H20N4O2S. The quantitative estimate of drug-likeness (QED) is 0.841. The minimum Gasteiger partial charge on any atom is -0.383 e. The number of aryl methyl sites for hydroxylation is 1. The maximum absolute atomic E-state index is 11.8. The summed E-state index contributed by atoms with van der Waals surface area (Å²) in [4.78, 5) is 0.142. The monoisotopic (exact) mass is 272 g/mol. The maximum atomic E-state index is 11.8. The highest BCUT2D eigenvalue weighted by atomic mass is 32.2. The van der Waals surface area contributed by atoms with Gasteiger partial charge in [-0.05, 0) is 25.7 Å². The van der Waals surface area contributed by atoms with E-state index < -0.39 is 9.84 Å². The van der Waals surface area contributed by atoms with E-state index in [9.17, 15) is 8.42 Å². The van der Waals surface area contributed by atoms with Gasteiger partial charge in [-0.15, -0.1) is 0 Å². The number of aromatic nitrogens is 2. The van der Waals surface area contributed by atoms with E-state index >= 15 is 0 Å². The van der Waals surface area contributed by atoms with E-state index in [0.717, 1.165) is 19.3 Å². The fraction of sp³-hybridized carbons (Fsp3) is 0.727. The summed E-state index contributed by atoms with van der Waals surface area (Å²) in [5, 5.41) is 7.47. The van der Waals surface area contributed by atoms with Crippen LogP contribution in [0.5, 0.6) is 0 Å². The number of rotatable bonds is 5. The first-order valence-electron chi connectivity index (χ1n) is 6.26. The number of anilines is 2. The molecular weight excluding hydrogens is 252 g/mol. The Labute approximate surface area is 107 Å². The molecule has 1 saturated carbocycles. The molecule has 1 aromatic heterocycles. The van der Waals surface area contributed by atoms with E-state index in [1.54, 1.807) is 4.68 Å². The molecule has 1 aliphatic rings. The highest BCUT2D eigenvalue weighted by Gasteiger charge is 2.27. The number of hydrogen-bond acceptors (Lipinski definition) is 5. The van der Waals surface area contributed by atoms with Crippen LogP contribution < -0.4 is 11.1 Å². The molecule has 0 amide bonds. The summed E-state index contributed by atoms with van der Waals surface area (Å²) < 4.78 is 25.2. The van der Waals surface area contributed by atoms with Gasteiger partial charge in [-0.25, -0.2) is 13.1 Å². The first-order valence-corrected chi connectivity index (χ1v) is 8.15. The van der Waals surface area contributed by atoms with Crippen molar-refractivity contribution in [3.8, 4) is 0 Å². The van der Waals surface area contributed by atoms with E-state index in [2.05, 4.69) is 10.4 Å². The van der Waals surface area contributed by atoms with Crippen LogP contribution in [0.25, 0.3) is 0 Å². The maximum Gasteiger partial charge on any atom is 0.182 e. The number of hydrogen-bond donors (Lipinski definition) is 2. The lowest BCUT2D eigenvalue weighted by atomic mass is 9.93. The largest absolute Gasteiger partial charge is 0.383 e. The van der Waals surface area contributed by atoms with Crippen molar-refractivity contribution in [3.63, 3.8) is 0 Å². The lowest BCUT2D eigenvalue weighted by Crippen LogP contribution is -2.28. The Morgan fingerprint density at radius 2 is 2.17 bits per heavy atom. The van der Waals surface area contributed by atoms with Crippen molar-refractivity contribution < 1.29 is 8.42 Å². The summed E-state index contributed by atoms with van der Waals surface area (Å²) in [5.41, 5.74) is 5.89. The third-order valence-electron chi connectivity index (χ3n) is 3.20. The third kappa shape index (κ3) is 2.45. The van der Waals surface area contributed by atoms with Gasteiger partial charge in [0.05, 0.1) is 0 Å². The van der Waals surface area contributed by atoms with Crippen LogP contribution in [0.1, 0.15) is 32.6 Å². The second kappa shape index (κ2) is 4.79. The van der Waals surface area contributed by atoms with Gasteiger partial charge < -0.3 is 11.1 Å². The molecule has 0 aromatic carbocycles. The molecule has 0 bridgehead atoms. The Morgan fingerprint density at radius 1 is 1.50 bits per heavy atom. The van der Waals surface area contributed by atoms with Gasteiger partial charge in [0.2, 0.25) is 0 Å². The molecule has 0 radical (unpaired) electrons. The molecule has 0 aliphatic heterocycles. The minimum absolute atomic E-state index is 0.142. The van der Waals surface area contributed by atoms with Gasteiger partial charge in [-0.3, -0.25) is 0 Å². The summed E-state index contributed by atoms with van der Waals surface area (Å²) in [7, 11) is -3.36. The Hall–Kier alpha value is -1.24. The summed E-state index contributed by atoms with van der Waals surface area (Å²) >= 11 is 0. The number of nitrogens with one attached hydrogen (secondary N) is 1. The van der Waals surface area contributed by atoms with E-state index in [0.29, 0.717) is 18.4 Å². The van der Waals surface area contributed by atoms with Gasteiger partial charge >= 0.3 is 0 Å². The lowest BCUT2D eigenvalue weighted by molar-refractivity contribution is 0.443.